The van der Waals surface area contributed by atoms with Gasteiger partial charge in [0.05, 0.1) is 16.8 Å². The van der Waals surface area contributed by atoms with Crippen LogP contribution in [-0.4, -0.2) is 17.0 Å². The highest BCUT2D eigenvalue weighted by Gasteiger charge is 2.14. The fourth-order valence-electron chi connectivity index (χ4n) is 1.61. The molecule has 2 rings (SSSR count). The lowest BCUT2D eigenvalue weighted by molar-refractivity contribution is 0.0696. The van der Waals surface area contributed by atoms with E-state index in [2.05, 4.69) is 21.2 Å². The summed E-state index contributed by atoms with van der Waals surface area (Å²) in [6.45, 7) is 0. The summed E-state index contributed by atoms with van der Waals surface area (Å²) in [4.78, 5) is 22.7. The Morgan fingerprint density at radius 3 is 2.38 bits per heavy atom. The molecule has 0 aliphatic rings. The van der Waals surface area contributed by atoms with E-state index in [1.165, 1.54) is 18.2 Å². The van der Waals surface area contributed by atoms with Crippen molar-refractivity contribution in [3.8, 4) is 0 Å². The molecule has 0 fully saturated rings. The van der Waals surface area contributed by atoms with Gasteiger partial charge in [-0.2, -0.15) is 0 Å². The van der Waals surface area contributed by atoms with Crippen LogP contribution in [0.2, 0.25) is 0 Å². The quantitative estimate of drug-likeness (QED) is 0.882. The van der Waals surface area contributed by atoms with Gasteiger partial charge in [0.25, 0.3) is 5.91 Å². The maximum absolute atomic E-state index is 13.5. The Labute approximate surface area is 126 Å². The number of carboxylic acid groups (broad SMARTS) is 1. The molecular formula is C14H8BrF2NO3. The highest BCUT2D eigenvalue weighted by atomic mass is 79.9. The second-order valence-corrected chi connectivity index (χ2v) is 4.93. The molecule has 2 N–H and O–H groups in total. The summed E-state index contributed by atoms with van der Waals surface area (Å²) < 4.78 is 26.6. The summed E-state index contributed by atoms with van der Waals surface area (Å²) in [6.07, 6.45) is 0. The molecule has 0 bridgehead atoms. The first-order valence-electron chi connectivity index (χ1n) is 5.67. The first kappa shape index (κ1) is 15.1. The van der Waals surface area contributed by atoms with E-state index in [1.54, 1.807) is 0 Å². The predicted octanol–water partition coefficient (Wildman–Crippen LogP) is 3.68. The molecule has 0 saturated heterocycles. The Kier molecular flexibility index (Phi) is 4.32. The molecule has 108 valence electrons. The van der Waals surface area contributed by atoms with E-state index < -0.39 is 23.5 Å². The maximum Gasteiger partial charge on any atom is 0.335 e. The Balaban J connectivity index is 2.25. The highest BCUT2D eigenvalue weighted by Crippen LogP contribution is 2.24. The summed E-state index contributed by atoms with van der Waals surface area (Å²) >= 11 is 3.11. The second kappa shape index (κ2) is 6.01. The van der Waals surface area contributed by atoms with Crippen molar-refractivity contribution in [1.82, 2.24) is 0 Å². The van der Waals surface area contributed by atoms with Gasteiger partial charge in [0.2, 0.25) is 0 Å². The summed E-state index contributed by atoms with van der Waals surface area (Å²) in [5, 5.41) is 11.2. The van der Waals surface area contributed by atoms with Crippen LogP contribution in [0, 0.1) is 11.6 Å². The normalized spacial score (nSPS) is 10.2. The Morgan fingerprint density at radius 2 is 1.81 bits per heavy atom. The number of amides is 1. The first-order valence-corrected chi connectivity index (χ1v) is 6.47. The number of hydrogen-bond acceptors (Lipinski definition) is 2. The molecule has 0 spiro atoms. The van der Waals surface area contributed by atoms with E-state index in [9.17, 15) is 18.4 Å². The molecule has 2 aromatic carbocycles. The number of benzene rings is 2. The SMILES string of the molecule is O=C(O)c1ccc(NC(=O)c2ccc(F)cc2F)c(Br)c1. The minimum absolute atomic E-state index is 0.0350. The predicted molar refractivity (Wildman–Crippen MR) is 75.4 cm³/mol. The fraction of sp³-hybridized carbons (Fsp3) is 0. The Bertz CT molecular complexity index is 734. The third-order valence-electron chi connectivity index (χ3n) is 2.64. The number of carbonyl (C=O) groups excluding carboxylic acids is 1. The zero-order valence-electron chi connectivity index (χ0n) is 10.4. The van der Waals surface area contributed by atoms with E-state index >= 15 is 0 Å². The van der Waals surface area contributed by atoms with Crippen LogP contribution in [-0.2, 0) is 0 Å². The van der Waals surface area contributed by atoms with E-state index in [0.717, 1.165) is 12.1 Å². The molecule has 0 saturated carbocycles. The molecule has 0 heterocycles. The van der Waals surface area contributed by atoms with Crippen LogP contribution in [0.15, 0.2) is 40.9 Å². The molecule has 0 aliphatic heterocycles. The molecule has 1 amide bonds. The number of anilines is 1. The average Bonchev–Trinajstić information content (AvgIpc) is 2.40. The lowest BCUT2D eigenvalue weighted by Gasteiger charge is -2.09. The van der Waals surface area contributed by atoms with Crippen LogP contribution in [0.1, 0.15) is 20.7 Å². The minimum atomic E-state index is -1.11. The molecule has 0 radical (unpaired) electrons. The highest BCUT2D eigenvalue weighted by molar-refractivity contribution is 9.10. The smallest absolute Gasteiger partial charge is 0.335 e. The number of carbonyl (C=O) groups is 2. The summed E-state index contributed by atoms with van der Waals surface area (Å²) in [5.41, 5.74) is -0.00725. The molecule has 0 atom stereocenters. The van der Waals surface area contributed by atoms with Gasteiger partial charge in [-0.3, -0.25) is 4.79 Å². The first-order chi connectivity index (χ1) is 9.88. The third-order valence-corrected chi connectivity index (χ3v) is 3.30. The van der Waals surface area contributed by atoms with Crippen LogP contribution in [0.5, 0.6) is 0 Å². The lowest BCUT2D eigenvalue weighted by atomic mass is 10.1. The molecule has 0 unspecified atom stereocenters. The number of nitrogens with one attached hydrogen (secondary N) is 1. The van der Waals surface area contributed by atoms with Crippen molar-refractivity contribution in [2.45, 2.75) is 0 Å². The van der Waals surface area contributed by atoms with E-state index in [-0.39, 0.29) is 16.8 Å². The van der Waals surface area contributed by atoms with Crippen LogP contribution in [0.3, 0.4) is 0 Å². The number of aromatic carboxylic acids is 1. The lowest BCUT2D eigenvalue weighted by Crippen LogP contribution is -2.14. The van der Waals surface area contributed by atoms with Crippen molar-refractivity contribution >= 4 is 33.5 Å². The van der Waals surface area contributed by atoms with Gasteiger partial charge in [-0.15, -0.1) is 0 Å². The van der Waals surface area contributed by atoms with Crippen molar-refractivity contribution < 1.29 is 23.5 Å². The van der Waals surface area contributed by atoms with Crippen LogP contribution < -0.4 is 5.32 Å². The monoisotopic (exact) mass is 355 g/mol. The van der Waals surface area contributed by atoms with E-state index in [1.807, 2.05) is 0 Å². The van der Waals surface area contributed by atoms with E-state index in [4.69, 9.17) is 5.11 Å². The van der Waals surface area contributed by atoms with Gasteiger partial charge in [-0.1, -0.05) is 0 Å². The molecule has 7 heteroatoms. The van der Waals surface area contributed by atoms with Crippen molar-refractivity contribution in [3.05, 3.63) is 63.6 Å². The standard InChI is InChI=1S/C14H8BrF2NO3/c15-10-5-7(14(20)21)1-4-12(10)18-13(19)9-3-2-8(16)6-11(9)17/h1-6H,(H,18,19)(H,20,21). The molecule has 0 aliphatic carbocycles. The van der Waals surface area contributed by atoms with Crippen molar-refractivity contribution in [2.24, 2.45) is 0 Å². The number of halogens is 3. The van der Waals surface area contributed by atoms with Crippen molar-refractivity contribution in [3.63, 3.8) is 0 Å². The van der Waals surface area contributed by atoms with Gasteiger partial charge in [-0.25, -0.2) is 13.6 Å². The van der Waals surface area contributed by atoms with Gasteiger partial charge < -0.3 is 10.4 Å². The van der Waals surface area contributed by atoms with Gasteiger partial charge in [-0.05, 0) is 46.3 Å². The molecule has 4 nitrogen and oxygen atoms in total. The molecule has 0 aromatic heterocycles. The second-order valence-electron chi connectivity index (χ2n) is 4.08. The maximum atomic E-state index is 13.5. The van der Waals surface area contributed by atoms with Crippen molar-refractivity contribution in [1.29, 1.82) is 0 Å². The van der Waals surface area contributed by atoms with Crippen LogP contribution >= 0.6 is 15.9 Å². The zero-order valence-corrected chi connectivity index (χ0v) is 11.9. The molecule has 2 aromatic rings. The van der Waals surface area contributed by atoms with Crippen LogP contribution in [0.25, 0.3) is 0 Å². The summed E-state index contributed by atoms with van der Waals surface area (Å²) in [6, 6.07) is 6.58. The van der Waals surface area contributed by atoms with Gasteiger partial charge in [0, 0.05) is 10.5 Å². The largest absolute Gasteiger partial charge is 0.478 e. The fourth-order valence-corrected chi connectivity index (χ4v) is 2.09. The van der Waals surface area contributed by atoms with Crippen LogP contribution in [0.4, 0.5) is 14.5 Å². The number of carboxylic acids is 1. The zero-order chi connectivity index (χ0) is 15.6. The summed E-state index contributed by atoms with van der Waals surface area (Å²) in [5.74, 6) is -3.64. The van der Waals surface area contributed by atoms with Gasteiger partial charge >= 0.3 is 5.97 Å². The van der Waals surface area contributed by atoms with Gasteiger partial charge in [0.15, 0.2) is 0 Å². The van der Waals surface area contributed by atoms with Gasteiger partial charge in [0.1, 0.15) is 11.6 Å². The van der Waals surface area contributed by atoms with Crippen molar-refractivity contribution in [2.75, 3.05) is 5.32 Å². The number of hydrogen-bond donors (Lipinski definition) is 2. The molecule has 21 heavy (non-hydrogen) atoms. The Hall–Kier alpha value is -2.28. The topological polar surface area (TPSA) is 66.4 Å². The minimum Gasteiger partial charge on any atom is -0.478 e. The average molecular weight is 356 g/mol. The summed E-state index contributed by atoms with van der Waals surface area (Å²) in [7, 11) is 0. The third kappa shape index (κ3) is 3.43. The van der Waals surface area contributed by atoms with E-state index in [0.29, 0.717) is 10.5 Å². The number of rotatable bonds is 3. The Morgan fingerprint density at radius 1 is 1.10 bits per heavy atom. The molecular weight excluding hydrogens is 348 g/mol.